The van der Waals surface area contributed by atoms with E-state index in [0.29, 0.717) is 12.2 Å². The predicted octanol–water partition coefficient (Wildman–Crippen LogP) is 4.41. The molecule has 2 atom stereocenters. The number of ether oxygens (including phenoxy) is 2. The number of epoxide rings is 1. The van der Waals surface area contributed by atoms with Crippen molar-refractivity contribution in [2.45, 2.75) is 72.0 Å². The summed E-state index contributed by atoms with van der Waals surface area (Å²) in [7, 11) is 0. The molecule has 0 bridgehead atoms. The predicted molar refractivity (Wildman–Crippen MR) is 83.7 cm³/mol. The van der Waals surface area contributed by atoms with Gasteiger partial charge in [-0.3, -0.25) is 0 Å². The summed E-state index contributed by atoms with van der Waals surface area (Å²) in [5.74, 6) is 1.10. The molecule has 2 rings (SSSR count). The van der Waals surface area contributed by atoms with Crippen molar-refractivity contribution in [1.82, 2.24) is 0 Å². The maximum absolute atomic E-state index is 5.99. The number of rotatable bonds is 5. The lowest BCUT2D eigenvalue weighted by Gasteiger charge is -2.25. The molecule has 1 fully saturated rings. The molecule has 112 valence electrons. The summed E-state index contributed by atoms with van der Waals surface area (Å²) in [6, 6.07) is 4.54. The average molecular weight is 276 g/mol. The van der Waals surface area contributed by atoms with Gasteiger partial charge in [0, 0.05) is 5.56 Å². The van der Waals surface area contributed by atoms with Crippen molar-refractivity contribution in [1.29, 1.82) is 0 Å². The minimum atomic E-state index is 0.106. The van der Waals surface area contributed by atoms with Gasteiger partial charge in [-0.2, -0.15) is 0 Å². The maximum Gasteiger partial charge on any atom is 0.126 e. The fourth-order valence-electron chi connectivity index (χ4n) is 2.74. The zero-order chi connectivity index (χ0) is 14.9. The number of hydrogen-bond acceptors (Lipinski definition) is 2. The number of benzene rings is 1. The van der Waals surface area contributed by atoms with Gasteiger partial charge in [-0.15, -0.1) is 0 Å². The van der Waals surface area contributed by atoms with Crippen LogP contribution in [0.15, 0.2) is 12.1 Å². The largest absolute Gasteiger partial charge is 0.493 e. The van der Waals surface area contributed by atoms with Crippen LogP contribution in [-0.4, -0.2) is 18.8 Å². The monoisotopic (exact) mass is 276 g/mol. The molecule has 1 heterocycles. The second-order valence-electron chi connectivity index (χ2n) is 6.90. The van der Waals surface area contributed by atoms with E-state index in [1.54, 1.807) is 0 Å². The molecule has 2 nitrogen and oxygen atoms in total. The summed E-state index contributed by atoms with van der Waals surface area (Å²) >= 11 is 0. The molecular formula is C18H28O2. The number of aryl methyl sites for hydroxylation is 2. The molecule has 0 aromatic heterocycles. The zero-order valence-electron chi connectivity index (χ0n) is 13.7. The molecule has 0 spiro atoms. The van der Waals surface area contributed by atoms with Gasteiger partial charge in [0.15, 0.2) is 0 Å². The van der Waals surface area contributed by atoms with Crippen LogP contribution in [0.1, 0.15) is 57.7 Å². The van der Waals surface area contributed by atoms with Crippen molar-refractivity contribution in [3.05, 3.63) is 28.8 Å². The van der Waals surface area contributed by atoms with Crippen LogP contribution in [0.3, 0.4) is 0 Å². The van der Waals surface area contributed by atoms with Crippen LogP contribution < -0.4 is 4.74 Å². The van der Waals surface area contributed by atoms with Crippen LogP contribution in [0.4, 0.5) is 0 Å². The molecule has 0 saturated carbocycles. The van der Waals surface area contributed by atoms with E-state index in [1.165, 1.54) is 16.7 Å². The molecule has 0 amide bonds. The van der Waals surface area contributed by atoms with Crippen LogP contribution in [0, 0.1) is 6.92 Å². The fourth-order valence-corrected chi connectivity index (χ4v) is 2.74. The van der Waals surface area contributed by atoms with Gasteiger partial charge >= 0.3 is 0 Å². The van der Waals surface area contributed by atoms with Gasteiger partial charge in [-0.25, -0.2) is 0 Å². The van der Waals surface area contributed by atoms with Crippen molar-refractivity contribution in [3.8, 4) is 5.75 Å². The average Bonchev–Trinajstić information content (AvgIpc) is 3.04. The van der Waals surface area contributed by atoms with Crippen molar-refractivity contribution in [2.75, 3.05) is 6.61 Å². The molecule has 1 aromatic rings. The molecule has 2 heteroatoms. The van der Waals surface area contributed by atoms with Gasteiger partial charge in [0.2, 0.25) is 0 Å². The van der Waals surface area contributed by atoms with Gasteiger partial charge in [-0.05, 0) is 44.6 Å². The Morgan fingerprint density at radius 2 is 1.90 bits per heavy atom. The Morgan fingerprint density at radius 3 is 2.40 bits per heavy atom. The highest BCUT2D eigenvalue weighted by Gasteiger charge is 2.33. The normalized spacial score (nSPS) is 21.9. The van der Waals surface area contributed by atoms with Gasteiger partial charge in [0.25, 0.3) is 0 Å². The molecule has 1 aliphatic heterocycles. The van der Waals surface area contributed by atoms with E-state index in [9.17, 15) is 0 Å². The SMILES string of the molecule is CCOc1c(CCC2OC2C)cc(C)cc1C(C)(C)C. The van der Waals surface area contributed by atoms with Crippen LogP contribution >= 0.6 is 0 Å². The lowest BCUT2D eigenvalue weighted by atomic mass is 9.83. The molecule has 0 N–H and O–H groups in total. The van der Waals surface area contributed by atoms with E-state index >= 15 is 0 Å². The van der Waals surface area contributed by atoms with Gasteiger partial charge in [0.05, 0.1) is 18.8 Å². The Hall–Kier alpha value is -1.02. The summed E-state index contributed by atoms with van der Waals surface area (Å²) in [5, 5.41) is 0. The first-order valence-corrected chi connectivity index (χ1v) is 7.75. The third-order valence-electron chi connectivity index (χ3n) is 3.94. The standard InChI is InChI=1S/C18H28O2/c1-7-19-17-14(8-9-16-13(3)20-16)10-12(2)11-15(17)18(4,5)6/h10-11,13,16H,7-9H2,1-6H3. The van der Waals surface area contributed by atoms with Crippen molar-refractivity contribution < 1.29 is 9.47 Å². The first-order chi connectivity index (χ1) is 9.32. The second-order valence-corrected chi connectivity index (χ2v) is 6.90. The Morgan fingerprint density at radius 1 is 1.25 bits per heavy atom. The molecular weight excluding hydrogens is 248 g/mol. The molecule has 2 unspecified atom stereocenters. The van der Waals surface area contributed by atoms with Gasteiger partial charge in [0.1, 0.15) is 5.75 Å². The first kappa shape index (κ1) is 15.4. The molecule has 1 aromatic carbocycles. The summed E-state index contributed by atoms with van der Waals surface area (Å²) < 4.78 is 11.5. The highest BCUT2D eigenvalue weighted by molar-refractivity contribution is 5.48. The minimum Gasteiger partial charge on any atom is -0.493 e. The van der Waals surface area contributed by atoms with E-state index < -0.39 is 0 Å². The summed E-state index contributed by atoms with van der Waals surface area (Å²) in [6.45, 7) is 13.8. The Balaban J connectivity index is 2.29. The highest BCUT2D eigenvalue weighted by Crippen LogP contribution is 2.37. The summed E-state index contributed by atoms with van der Waals surface area (Å²) in [4.78, 5) is 0. The van der Waals surface area contributed by atoms with Gasteiger partial charge in [-0.1, -0.05) is 38.5 Å². The Kier molecular flexibility index (Phi) is 4.43. The van der Waals surface area contributed by atoms with Crippen LogP contribution in [0.25, 0.3) is 0 Å². The third-order valence-corrected chi connectivity index (χ3v) is 3.94. The molecule has 0 aliphatic carbocycles. The first-order valence-electron chi connectivity index (χ1n) is 7.75. The minimum absolute atomic E-state index is 0.106. The summed E-state index contributed by atoms with van der Waals surface area (Å²) in [6.07, 6.45) is 3.02. The smallest absolute Gasteiger partial charge is 0.126 e. The lowest BCUT2D eigenvalue weighted by molar-refractivity contribution is 0.324. The second kappa shape index (κ2) is 5.77. The topological polar surface area (TPSA) is 21.8 Å². The maximum atomic E-state index is 5.99. The van der Waals surface area contributed by atoms with Crippen LogP contribution in [-0.2, 0) is 16.6 Å². The van der Waals surface area contributed by atoms with E-state index in [2.05, 4.69) is 53.7 Å². The van der Waals surface area contributed by atoms with E-state index in [1.807, 2.05) is 0 Å². The van der Waals surface area contributed by atoms with Crippen LogP contribution in [0.2, 0.25) is 0 Å². The molecule has 1 aliphatic rings. The van der Waals surface area contributed by atoms with E-state index in [-0.39, 0.29) is 5.41 Å². The quantitative estimate of drug-likeness (QED) is 0.743. The van der Waals surface area contributed by atoms with Crippen LogP contribution in [0.5, 0.6) is 5.75 Å². The molecule has 20 heavy (non-hydrogen) atoms. The third kappa shape index (κ3) is 3.54. The Bertz CT molecular complexity index is 471. The fraction of sp³-hybridized carbons (Fsp3) is 0.667. The highest BCUT2D eigenvalue weighted by atomic mass is 16.6. The van der Waals surface area contributed by atoms with Gasteiger partial charge < -0.3 is 9.47 Å². The molecule has 1 saturated heterocycles. The van der Waals surface area contributed by atoms with E-state index in [0.717, 1.165) is 25.2 Å². The molecule has 0 radical (unpaired) electrons. The summed E-state index contributed by atoms with van der Waals surface area (Å²) in [5.41, 5.74) is 4.07. The zero-order valence-corrected chi connectivity index (χ0v) is 13.7. The van der Waals surface area contributed by atoms with E-state index in [4.69, 9.17) is 9.47 Å². The van der Waals surface area contributed by atoms with Crippen molar-refractivity contribution >= 4 is 0 Å². The van der Waals surface area contributed by atoms with Crippen molar-refractivity contribution in [2.24, 2.45) is 0 Å². The number of hydrogen-bond donors (Lipinski definition) is 0. The van der Waals surface area contributed by atoms with Crippen molar-refractivity contribution in [3.63, 3.8) is 0 Å². The lowest BCUT2D eigenvalue weighted by Crippen LogP contribution is -2.15. The Labute approximate surface area is 123 Å².